The van der Waals surface area contributed by atoms with Gasteiger partial charge in [-0.15, -0.1) is 15.3 Å². The van der Waals surface area contributed by atoms with Gasteiger partial charge in [0.05, 0.1) is 16.6 Å². The molecular formula is C17H15N7O3. The maximum absolute atomic E-state index is 12.0. The average molecular weight is 365 g/mol. The number of aromatic nitrogens is 7. The molecule has 10 nitrogen and oxygen atoms in total. The molecule has 0 saturated carbocycles. The van der Waals surface area contributed by atoms with Crippen LogP contribution < -0.4 is 16.0 Å². The zero-order valence-electron chi connectivity index (χ0n) is 14.5. The van der Waals surface area contributed by atoms with Gasteiger partial charge in [0.15, 0.2) is 5.65 Å². The Labute approximate surface area is 151 Å². The number of hydrogen-bond donors (Lipinski definition) is 2. The highest BCUT2D eigenvalue weighted by atomic mass is 16.5. The quantitative estimate of drug-likeness (QED) is 0.550. The summed E-state index contributed by atoms with van der Waals surface area (Å²) < 4.78 is 7.51. The Morgan fingerprint density at radius 2 is 2.07 bits per heavy atom. The molecule has 1 unspecified atom stereocenters. The minimum absolute atomic E-state index is 0.191. The molecule has 1 atom stereocenters. The first kappa shape index (κ1) is 16.6. The van der Waals surface area contributed by atoms with Crippen LogP contribution in [0.3, 0.4) is 0 Å². The van der Waals surface area contributed by atoms with Gasteiger partial charge in [-0.3, -0.25) is 14.8 Å². The molecule has 4 heterocycles. The van der Waals surface area contributed by atoms with Crippen LogP contribution in [0, 0.1) is 0 Å². The van der Waals surface area contributed by atoms with Gasteiger partial charge in [-0.1, -0.05) is 6.07 Å². The Balaban J connectivity index is 1.78. The summed E-state index contributed by atoms with van der Waals surface area (Å²) in [5.41, 5.74) is 0.603. The molecule has 0 amide bonds. The topological polar surface area (TPSA) is 131 Å². The van der Waals surface area contributed by atoms with Gasteiger partial charge in [0.25, 0.3) is 5.56 Å². The fourth-order valence-electron chi connectivity index (χ4n) is 2.68. The first-order valence-electron chi connectivity index (χ1n) is 8.13. The summed E-state index contributed by atoms with van der Waals surface area (Å²) in [7, 11) is 1.72. The Kier molecular flexibility index (Phi) is 3.99. The number of hydrogen-bond acceptors (Lipinski definition) is 7. The Morgan fingerprint density at radius 3 is 2.81 bits per heavy atom. The minimum Gasteiger partial charge on any atom is -0.467 e. The Bertz CT molecular complexity index is 1230. The first-order chi connectivity index (χ1) is 13.0. The smallest absolute Gasteiger partial charge is 0.325 e. The normalized spacial score (nSPS) is 12.2. The van der Waals surface area contributed by atoms with E-state index in [9.17, 15) is 9.59 Å². The van der Waals surface area contributed by atoms with E-state index in [4.69, 9.17) is 4.74 Å². The Hall–Kier alpha value is -3.82. The number of nitrogens with zero attached hydrogens (tertiary/aromatic N) is 5. The number of ether oxygens (including phenoxy) is 1. The van der Waals surface area contributed by atoms with Gasteiger partial charge < -0.3 is 9.72 Å². The fraction of sp³-hybridized carbons (Fsp3) is 0.176. The molecule has 136 valence electrons. The number of H-pyrrole nitrogens is 2. The zero-order chi connectivity index (χ0) is 19.0. The lowest BCUT2D eigenvalue weighted by atomic mass is 10.2. The molecule has 0 bridgehead atoms. The van der Waals surface area contributed by atoms with E-state index >= 15 is 0 Å². The van der Waals surface area contributed by atoms with Gasteiger partial charge in [-0.2, -0.15) is 0 Å². The van der Waals surface area contributed by atoms with Crippen molar-refractivity contribution in [3.8, 4) is 17.1 Å². The van der Waals surface area contributed by atoms with Crippen molar-refractivity contribution in [2.75, 3.05) is 0 Å². The summed E-state index contributed by atoms with van der Waals surface area (Å²) in [5.74, 6) is 0.350. The molecule has 0 spiro atoms. The maximum atomic E-state index is 12.0. The SMILES string of the molecule is CC(Oc1nn(C)c2nnc(-c3c[nH]c(=O)[nH]c3=O)cc12)c1ccccn1. The van der Waals surface area contributed by atoms with Crippen molar-refractivity contribution >= 4 is 11.0 Å². The molecule has 0 saturated heterocycles. The van der Waals surface area contributed by atoms with Crippen LogP contribution >= 0.6 is 0 Å². The van der Waals surface area contributed by atoms with E-state index in [0.29, 0.717) is 22.6 Å². The number of pyridine rings is 1. The van der Waals surface area contributed by atoms with Crippen molar-refractivity contribution in [3.63, 3.8) is 0 Å². The molecule has 10 heteroatoms. The summed E-state index contributed by atoms with van der Waals surface area (Å²) in [5, 5.41) is 13.1. The van der Waals surface area contributed by atoms with Crippen LogP contribution in [0.1, 0.15) is 18.7 Å². The van der Waals surface area contributed by atoms with Crippen molar-refractivity contribution in [2.45, 2.75) is 13.0 Å². The van der Waals surface area contributed by atoms with Gasteiger partial charge in [-0.05, 0) is 25.1 Å². The molecule has 0 aliphatic heterocycles. The molecule has 4 rings (SSSR count). The van der Waals surface area contributed by atoms with Crippen molar-refractivity contribution < 1.29 is 4.74 Å². The van der Waals surface area contributed by atoms with Crippen LogP contribution in [-0.2, 0) is 7.05 Å². The molecule has 2 N–H and O–H groups in total. The maximum Gasteiger partial charge on any atom is 0.325 e. The van der Waals surface area contributed by atoms with E-state index in [-0.39, 0.29) is 11.7 Å². The van der Waals surface area contributed by atoms with Gasteiger partial charge >= 0.3 is 5.69 Å². The third-order valence-corrected chi connectivity index (χ3v) is 4.04. The van der Waals surface area contributed by atoms with E-state index in [1.54, 1.807) is 24.0 Å². The molecule has 0 aromatic carbocycles. The van der Waals surface area contributed by atoms with Crippen LogP contribution in [-0.4, -0.2) is 34.9 Å². The third kappa shape index (κ3) is 3.08. The highest BCUT2D eigenvalue weighted by molar-refractivity contribution is 5.84. The molecule has 0 radical (unpaired) electrons. The lowest BCUT2D eigenvalue weighted by Crippen LogP contribution is -2.22. The number of aryl methyl sites for hydroxylation is 1. The van der Waals surface area contributed by atoms with Crippen LogP contribution in [0.2, 0.25) is 0 Å². The van der Waals surface area contributed by atoms with Gasteiger partial charge in [0.1, 0.15) is 11.8 Å². The highest BCUT2D eigenvalue weighted by Crippen LogP contribution is 2.28. The van der Waals surface area contributed by atoms with Crippen LogP contribution in [0.5, 0.6) is 5.88 Å². The van der Waals surface area contributed by atoms with Crippen molar-refractivity contribution in [1.82, 2.24) is 34.9 Å². The lowest BCUT2D eigenvalue weighted by molar-refractivity contribution is 0.213. The zero-order valence-corrected chi connectivity index (χ0v) is 14.5. The molecular weight excluding hydrogens is 350 g/mol. The van der Waals surface area contributed by atoms with Crippen molar-refractivity contribution in [3.05, 3.63) is 63.2 Å². The van der Waals surface area contributed by atoms with E-state index in [0.717, 1.165) is 5.69 Å². The summed E-state index contributed by atoms with van der Waals surface area (Å²) in [6.45, 7) is 1.87. The number of rotatable bonds is 4. The standard InChI is InChI=1S/C17H15N7O3/c1-9(12-5-3-4-6-18-12)27-16-10-7-13(21-22-14(10)24(2)23-16)11-8-19-17(26)20-15(11)25/h3-9H,1-2H3,(H2,19,20,25,26). The second-order valence-electron chi connectivity index (χ2n) is 5.90. The largest absolute Gasteiger partial charge is 0.467 e. The van der Waals surface area contributed by atoms with Crippen molar-refractivity contribution in [2.24, 2.45) is 7.05 Å². The lowest BCUT2D eigenvalue weighted by Gasteiger charge is -2.11. The molecule has 0 aliphatic carbocycles. The van der Waals surface area contributed by atoms with Crippen LogP contribution in [0.4, 0.5) is 0 Å². The molecule has 27 heavy (non-hydrogen) atoms. The van der Waals surface area contributed by atoms with E-state index in [1.807, 2.05) is 25.1 Å². The number of nitrogens with one attached hydrogen (secondary N) is 2. The minimum atomic E-state index is -0.590. The Morgan fingerprint density at radius 1 is 1.22 bits per heavy atom. The predicted molar refractivity (Wildman–Crippen MR) is 96.3 cm³/mol. The first-order valence-corrected chi connectivity index (χ1v) is 8.13. The van der Waals surface area contributed by atoms with E-state index in [2.05, 4.69) is 30.2 Å². The van der Waals surface area contributed by atoms with E-state index < -0.39 is 11.2 Å². The monoisotopic (exact) mass is 365 g/mol. The highest BCUT2D eigenvalue weighted by Gasteiger charge is 2.18. The molecule has 0 fully saturated rings. The molecule has 0 aliphatic rings. The second-order valence-corrected chi connectivity index (χ2v) is 5.90. The summed E-state index contributed by atoms with van der Waals surface area (Å²) in [4.78, 5) is 32.1. The van der Waals surface area contributed by atoms with Crippen LogP contribution in [0.15, 0.2) is 46.2 Å². The van der Waals surface area contributed by atoms with Gasteiger partial charge in [0.2, 0.25) is 5.88 Å². The molecule has 4 aromatic rings. The predicted octanol–water partition coefficient (Wildman–Crippen LogP) is 0.942. The van der Waals surface area contributed by atoms with Gasteiger partial charge in [0, 0.05) is 19.4 Å². The summed E-state index contributed by atoms with van der Waals surface area (Å²) in [6.07, 6.45) is 2.65. The number of aromatic amines is 2. The van der Waals surface area contributed by atoms with Gasteiger partial charge in [-0.25, -0.2) is 9.48 Å². The number of fused-ring (bicyclic) bond motifs is 1. The van der Waals surface area contributed by atoms with Crippen LogP contribution in [0.25, 0.3) is 22.3 Å². The fourth-order valence-corrected chi connectivity index (χ4v) is 2.68. The second kappa shape index (κ2) is 6.48. The van der Waals surface area contributed by atoms with E-state index in [1.165, 1.54) is 6.20 Å². The van der Waals surface area contributed by atoms with Crippen molar-refractivity contribution in [1.29, 1.82) is 0 Å². The summed E-state index contributed by atoms with van der Waals surface area (Å²) in [6, 6.07) is 7.22. The third-order valence-electron chi connectivity index (χ3n) is 4.04. The molecule has 4 aromatic heterocycles. The summed E-state index contributed by atoms with van der Waals surface area (Å²) >= 11 is 0. The average Bonchev–Trinajstić information content (AvgIpc) is 2.97.